The van der Waals surface area contributed by atoms with Crippen molar-refractivity contribution in [3.05, 3.63) is 96.3 Å². The van der Waals surface area contributed by atoms with E-state index in [-0.39, 0.29) is 52.4 Å². The van der Waals surface area contributed by atoms with E-state index in [1.54, 1.807) is 29.2 Å². The zero-order chi connectivity index (χ0) is 42.6. The topological polar surface area (TPSA) is 198 Å². The number of aromatic amines is 1. The molecule has 0 spiro atoms. The number of fused-ring (bicyclic) bond motifs is 2. The Kier molecular flexibility index (Phi) is 10.2. The molecule has 2 aliphatic rings. The van der Waals surface area contributed by atoms with Crippen molar-refractivity contribution >= 4 is 55.8 Å². The van der Waals surface area contributed by atoms with E-state index in [2.05, 4.69) is 65.0 Å². The van der Waals surface area contributed by atoms with Crippen molar-refractivity contribution in [2.24, 2.45) is 7.05 Å². The second-order valence-electron chi connectivity index (χ2n) is 15.6. The maximum absolute atomic E-state index is 15.7. The van der Waals surface area contributed by atoms with Crippen molar-refractivity contribution in [3.8, 4) is 17.0 Å². The van der Waals surface area contributed by atoms with Gasteiger partial charge < -0.3 is 10.1 Å². The number of halogens is 1. The number of nitrogens with one attached hydrogen (secondary N) is 3. The number of hydrogen-bond acceptors (Lipinski definition) is 12. The number of amides is 3. The fourth-order valence-corrected chi connectivity index (χ4v) is 9.41. The van der Waals surface area contributed by atoms with Gasteiger partial charge >= 0.3 is 6.03 Å². The van der Waals surface area contributed by atoms with Crippen LogP contribution >= 0.6 is 0 Å². The standard InChI is InChI=1S/C42H43FN12O5S/c1-24(2)60-38-37(29-21-45-46-22-29)44-23-55-40(38)49-41(51-55)47-34-11-9-31(20-33(34)43)61(58,59)30-7-5-6-27(18-30)25(3)53-15-12-26(13-16-53)28-8-10-32-35(19-28)52(4)50-39(32)54-17-14-36(56)48-42(54)57/h5-11,18-26H,12-17H2,1-4H3,(H,45,46)(H,47,51)(H,48,56,57)/t25-/m0/s1. The predicted molar refractivity (Wildman–Crippen MR) is 224 cm³/mol. The number of ether oxygens (including phenoxy) is 1. The first-order valence-corrected chi connectivity index (χ1v) is 21.5. The van der Waals surface area contributed by atoms with Gasteiger partial charge in [-0.05, 0) is 106 Å². The number of likely N-dealkylation sites (tertiary alicyclic amines) is 1. The first-order chi connectivity index (χ1) is 29.3. The number of aromatic nitrogens is 8. The van der Waals surface area contributed by atoms with E-state index in [1.165, 1.54) is 39.5 Å². The van der Waals surface area contributed by atoms with Gasteiger partial charge in [0.2, 0.25) is 27.3 Å². The molecule has 19 heteroatoms. The fourth-order valence-electron chi connectivity index (χ4n) is 8.09. The van der Waals surface area contributed by atoms with E-state index in [1.807, 2.05) is 33.0 Å². The van der Waals surface area contributed by atoms with Crippen LogP contribution in [0.3, 0.4) is 0 Å². The van der Waals surface area contributed by atoms with Gasteiger partial charge in [-0.3, -0.25) is 29.7 Å². The van der Waals surface area contributed by atoms with Crippen LogP contribution in [0.1, 0.15) is 63.1 Å². The molecule has 0 saturated carbocycles. The van der Waals surface area contributed by atoms with Crippen LogP contribution in [-0.2, 0) is 21.7 Å². The molecule has 4 aromatic heterocycles. The molecule has 7 aromatic rings. The first kappa shape index (κ1) is 39.7. The predicted octanol–water partition coefficient (Wildman–Crippen LogP) is 6.29. The lowest BCUT2D eigenvalue weighted by Crippen LogP contribution is -2.49. The quantitative estimate of drug-likeness (QED) is 0.132. The highest BCUT2D eigenvalue weighted by molar-refractivity contribution is 7.91. The average molecular weight is 847 g/mol. The molecule has 0 radical (unpaired) electrons. The number of aryl methyl sites for hydroxylation is 1. The Hall–Kier alpha value is -6.73. The van der Waals surface area contributed by atoms with Crippen molar-refractivity contribution in [3.63, 3.8) is 0 Å². The van der Waals surface area contributed by atoms with Gasteiger partial charge in [0, 0.05) is 43.2 Å². The lowest BCUT2D eigenvalue weighted by atomic mass is 9.88. The molecular formula is C42H43FN12O5S. The molecule has 3 amide bonds. The summed E-state index contributed by atoms with van der Waals surface area (Å²) in [5, 5.41) is 21.9. The van der Waals surface area contributed by atoms with E-state index in [0.29, 0.717) is 34.4 Å². The van der Waals surface area contributed by atoms with Gasteiger partial charge in [-0.15, -0.1) is 5.10 Å². The molecule has 1 atom stereocenters. The van der Waals surface area contributed by atoms with Gasteiger partial charge in [-0.25, -0.2) is 22.6 Å². The second-order valence-corrected chi connectivity index (χ2v) is 17.5. The molecular weight excluding hydrogens is 804 g/mol. The van der Waals surface area contributed by atoms with E-state index < -0.39 is 21.7 Å². The molecule has 2 saturated heterocycles. The number of nitrogens with zero attached hydrogens (tertiary/aromatic N) is 9. The summed E-state index contributed by atoms with van der Waals surface area (Å²) in [6.07, 6.45) is 6.59. The third-order valence-corrected chi connectivity index (χ3v) is 13.1. The summed E-state index contributed by atoms with van der Waals surface area (Å²) in [4.78, 5) is 37.0. The Balaban J connectivity index is 0.873. The monoisotopic (exact) mass is 846 g/mol. The Morgan fingerprint density at radius 3 is 2.51 bits per heavy atom. The minimum atomic E-state index is -4.08. The van der Waals surface area contributed by atoms with Crippen molar-refractivity contribution in [1.82, 2.24) is 49.8 Å². The minimum Gasteiger partial charge on any atom is -0.485 e. The van der Waals surface area contributed by atoms with Gasteiger partial charge in [-0.2, -0.15) is 19.7 Å². The molecule has 0 bridgehead atoms. The number of urea groups is 1. The van der Waals surface area contributed by atoms with Crippen LogP contribution in [0.2, 0.25) is 0 Å². The lowest BCUT2D eigenvalue weighted by Gasteiger charge is -2.36. The maximum Gasteiger partial charge on any atom is 0.329 e. The summed E-state index contributed by atoms with van der Waals surface area (Å²) in [7, 11) is -2.23. The van der Waals surface area contributed by atoms with Crippen molar-refractivity contribution < 1.29 is 27.1 Å². The van der Waals surface area contributed by atoms with Crippen LogP contribution in [0, 0.1) is 5.82 Å². The van der Waals surface area contributed by atoms with Gasteiger partial charge in [0.25, 0.3) is 0 Å². The zero-order valence-electron chi connectivity index (χ0n) is 33.8. The first-order valence-electron chi connectivity index (χ1n) is 20.0. The van der Waals surface area contributed by atoms with Crippen LogP contribution in [-0.4, -0.2) is 90.6 Å². The van der Waals surface area contributed by atoms with Gasteiger partial charge in [0.1, 0.15) is 17.8 Å². The molecule has 2 aliphatic heterocycles. The summed E-state index contributed by atoms with van der Waals surface area (Å²) in [5.74, 6) is 0.195. The highest BCUT2D eigenvalue weighted by Gasteiger charge is 2.30. The third-order valence-electron chi connectivity index (χ3n) is 11.3. The number of H-pyrrole nitrogens is 1. The van der Waals surface area contributed by atoms with E-state index in [9.17, 15) is 18.0 Å². The van der Waals surface area contributed by atoms with Crippen LogP contribution in [0.4, 0.5) is 26.6 Å². The van der Waals surface area contributed by atoms with Gasteiger partial charge in [0.15, 0.2) is 11.6 Å². The number of benzene rings is 3. The molecule has 6 heterocycles. The minimum absolute atomic E-state index is 0.00907. The Bertz CT molecular complexity index is 2920. The van der Waals surface area contributed by atoms with Crippen molar-refractivity contribution in [2.75, 3.05) is 29.9 Å². The number of piperidine rings is 1. The number of rotatable bonds is 11. The maximum atomic E-state index is 15.7. The van der Waals surface area contributed by atoms with Gasteiger partial charge in [-0.1, -0.05) is 18.2 Å². The number of imide groups is 1. The van der Waals surface area contributed by atoms with E-state index in [0.717, 1.165) is 48.5 Å². The zero-order valence-corrected chi connectivity index (χ0v) is 34.6. The second kappa shape index (κ2) is 15.7. The third kappa shape index (κ3) is 7.54. The molecule has 3 N–H and O–H groups in total. The van der Waals surface area contributed by atoms with Crippen molar-refractivity contribution in [2.45, 2.75) is 67.9 Å². The van der Waals surface area contributed by atoms with Crippen LogP contribution in [0.5, 0.6) is 5.75 Å². The summed E-state index contributed by atoms with van der Waals surface area (Å²) < 4.78 is 52.8. The molecule has 0 unspecified atom stereocenters. The normalized spacial score (nSPS) is 16.1. The SMILES string of the molecule is CC(C)Oc1c(-c2cn[nH]c2)ncn2nc(Nc3ccc(S(=O)(=O)c4cccc([C@H](C)N5CCC(c6ccc7c(N8CCC(=O)NC8=O)nn(C)c7c6)CC5)c4)cc3F)nc12. The molecule has 61 heavy (non-hydrogen) atoms. The number of sulfone groups is 1. The number of anilines is 3. The average Bonchev–Trinajstić information content (AvgIpc) is 4.01. The lowest BCUT2D eigenvalue weighted by molar-refractivity contribution is -0.120. The van der Waals surface area contributed by atoms with E-state index >= 15 is 4.39 Å². The largest absolute Gasteiger partial charge is 0.485 e. The molecule has 0 aliphatic carbocycles. The molecule has 3 aromatic carbocycles. The smallest absolute Gasteiger partial charge is 0.329 e. The highest BCUT2D eigenvalue weighted by atomic mass is 32.2. The van der Waals surface area contributed by atoms with Crippen LogP contribution in [0.25, 0.3) is 27.8 Å². The molecule has 17 nitrogen and oxygen atoms in total. The summed E-state index contributed by atoms with van der Waals surface area (Å²) in [6, 6.07) is 16.2. The number of hydrogen-bond donors (Lipinski definition) is 3. The van der Waals surface area contributed by atoms with E-state index in [4.69, 9.17) is 4.74 Å². The summed E-state index contributed by atoms with van der Waals surface area (Å²) >= 11 is 0. The van der Waals surface area contributed by atoms with Crippen molar-refractivity contribution in [1.29, 1.82) is 0 Å². The fraction of sp³-hybridized carbons (Fsp3) is 0.310. The van der Waals surface area contributed by atoms with Crippen LogP contribution < -0.4 is 20.3 Å². The number of carbonyl (C=O) groups is 2. The van der Waals surface area contributed by atoms with Gasteiger partial charge in [0.05, 0.1) is 33.3 Å². The summed E-state index contributed by atoms with van der Waals surface area (Å²) in [6.45, 7) is 7.70. The Morgan fingerprint density at radius 2 is 1.77 bits per heavy atom. The molecule has 314 valence electrons. The number of carbonyl (C=O) groups excluding carboxylic acids is 2. The molecule has 2 fully saturated rings. The Morgan fingerprint density at radius 1 is 0.967 bits per heavy atom. The summed E-state index contributed by atoms with van der Waals surface area (Å²) in [5.41, 5.74) is 4.49. The van der Waals surface area contributed by atoms with Crippen LogP contribution in [0.15, 0.2) is 89.2 Å². The molecule has 9 rings (SSSR count). The Labute approximate surface area is 349 Å². The highest BCUT2D eigenvalue weighted by Crippen LogP contribution is 2.37.